The smallest absolute Gasteiger partial charge is 0.255 e. The van der Waals surface area contributed by atoms with Crippen molar-refractivity contribution < 1.29 is 12.4 Å². The first-order valence-corrected chi connectivity index (χ1v) is 7.41. The van der Waals surface area contributed by atoms with Crippen LogP contribution in [0.1, 0.15) is 13.2 Å². The summed E-state index contributed by atoms with van der Waals surface area (Å²) in [6.07, 6.45) is 0. The van der Waals surface area contributed by atoms with Crippen LogP contribution >= 0.6 is 0 Å². The molecule has 8 N–H and O–H groups in total. The highest BCUT2D eigenvalue weighted by molar-refractivity contribution is 6.05. The fourth-order valence-electron chi connectivity index (χ4n) is 2.15. The van der Waals surface area contributed by atoms with Gasteiger partial charge in [-0.25, -0.2) is 0 Å². The zero-order chi connectivity index (χ0) is 16.9. The third kappa shape index (κ3) is 4.49. The highest BCUT2D eigenvalue weighted by atomic mass is 16.5. The molecule has 0 saturated heterocycles. The van der Waals surface area contributed by atoms with Crippen LogP contribution in [0.4, 0.5) is 17.1 Å². The number of carbonyl (C=O) groups excluding carboxylic acids is 1. The van der Waals surface area contributed by atoms with Crippen LogP contribution in [0.25, 0.3) is 0 Å². The molecule has 0 aliphatic rings. The first-order chi connectivity index (χ1) is 11.6. The normalized spacial score (nSPS) is 9.76. The van der Waals surface area contributed by atoms with Crippen molar-refractivity contribution >= 4 is 23.0 Å². The van der Waals surface area contributed by atoms with Crippen LogP contribution in [0.2, 0.25) is 0 Å². The third-order valence-electron chi connectivity index (χ3n) is 3.44. The second-order valence-corrected chi connectivity index (χ2v) is 5.24. The van der Waals surface area contributed by atoms with E-state index < -0.39 is 0 Å². The minimum absolute atomic E-state index is 0. The molecule has 3 aromatic carbocycles. The van der Waals surface area contributed by atoms with Gasteiger partial charge in [-0.2, -0.15) is 0 Å². The number of anilines is 3. The summed E-state index contributed by atoms with van der Waals surface area (Å²) < 4.78 is 5.71. The topological polar surface area (TPSA) is 125 Å². The van der Waals surface area contributed by atoms with E-state index in [1.54, 1.807) is 42.5 Å². The maximum Gasteiger partial charge on any atom is 0.255 e. The quantitative estimate of drug-likeness (QED) is 0.518. The average Bonchev–Trinajstić information content (AvgIpc) is 2.60. The summed E-state index contributed by atoms with van der Waals surface area (Å²) in [5, 5.41) is 2.81. The number of carbonyl (C=O) groups is 1. The first kappa shape index (κ1) is 17.8. The zero-order valence-electron chi connectivity index (χ0n) is 13.6. The summed E-state index contributed by atoms with van der Waals surface area (Å²) in [5.74, 6) is 1.20. The van der Waals surface area contributed by atoms with E-state index in [0.717, 1.165) is 5.75 Å². The number of hydrogen-bond acceptors (Lipinski definition) is 5. The van der Waals surface area contributed by atoms with Gasteiger partial charge in [0.15, 0.2) is 0 Å². The van der Waals surface area contributed by atoms with Gasteiger partial charge in [0.2, 0.25) is 0 Å². The van der Waals surface area contributed by atoms with Crippen molar-refractivity contribution in [2.75, 3.05) is 16.8 Å². The molecule has 3 rings (SSSR count). The number of rotatable bonds is 4. The van der Waals surface area contributed by atoms with Gasteiger partial charge in [-0.05, 0) is 54.6 Å². The molecule has 25 heavy (non-hydrogen) atoms. The molecule has 0 bridgehead atoms. The molecule has 1 amide bonds. The van der Waals surface area contributed by atoms with E-state index in [4.69, 9.17) is 16.2 Å². The minimum atomic E-state index is -0.251. The van der Waals surface area contributed by atoms with Gasteiger partial charge in [0.1, 0.15) is 11.5 Å². The van der Waals surface area contributed by atoms with Crippen LogP contribution in [0, 0.1) is 0 Å². The average molecular weight is 340 g/mol. The van der Waals surface area contributed by atoms with Crippen LogP contribution in [0.15, 0.2) is 72.8 Å². The summed E-state index contributed by atoms with van der Waals surface area (Å²) in [7, 11) is 0. The standard InChI is InChI=1S/C19H17N3O2.H3N.2H2/c20-17-11-6-13(12-18(17)21)19(23)22-14-7-9-16(10-8-14)24-15-4-2-1-3-5-15;;;/h1-12H,20-21H2,(H,22,23);1H3;2*1H. The monoisotopic (exact) mass is 340 g/mol. The molecular weight excluding hydrogens is 316 g/mol. The van der Waals surface area contributed by atoms with Crippen LogP contribution in [-0.2, 0) is 0 Å². The zero-order valence-corrected chi connectivity index (χ0v) is 13.6. The van der Waals surface area contributed by atoms with Gasteiger partial charge in [-0.3, -0.25) is 4.79 Å². The molecule has 0 unspecified atom stereocenters. The largest absolute Gasteiger partial charge is 0.457 e. The Balaban J connectivity index is 0.00000225. The van der Waals surface area contributed by atoms with Gasteiger partial charge in [0.25, 0.3) is 5.91 Å². The fraction of sp³-hybridized carbons (Fsp3) is 0. The van der Waals surface area contributed by atoms with E-state index in [-0.39, 0.29) is 14.9 Å². The van der Waals surface area contributed by atoms with Crippen molar-refractivity contribution in [1.29, 1.82) is 0 Å². The van der Waals surface area contributed by atoms with Crippen molar-refractivity contribution in [2.45, 2.75) is 0 Å². The number of nitrogens with two attached hydrogens (primary N) is 2. The summed E-state index contributed by atoms with van der Waals surface area (Å²) in [4.78, 5) is 12.2. The van der Waals surface area contributed by atoms with Gasteiger partial charge in [0, 0.05) is 14.1 Å². The SMILES string of the molecule is N.Nc1ccc(C(=O)Nc2ccc(Oc3ccccc3)cc2)cc1N.[HH].[HH]. The van der Waals surface area contributed by atoms with Crippen LogP contribution in [0.5, 0.6) is 11.5 Å². The van der Waals surface area contributed by atoms with E-state index in [2.05, 4.69) is 5.32 Å². The van der Waals surface area contributed by atoms with Crippen molar-refractivity contribution in [1.82, 2.24) is 6.15 Å². The Bertz CT molecular complexity index is 859. The summed E-state index contributed by atoms with van der Waals surface area (Å²) in [5.41, 5.74) is 13.3. The van der Waals surface area contributed by atoms with Crippen molar-refractivity contribution in [3.8, 4) is 11.5 Å². The molecule has 0 aliphatic carbocycles. The molecular formula is C19H24N4O2. The lowest BCUT2D eigenvalue weighted by Crippen LogP contribution is -2.12. The molecule has 0 aliphatic heterocycles. The third-order valence-corrected chi connectivity index (χ3v) is 3.44. The number of benzene rings is 3. The molecule has 0 saturated carbocycles. The van der Waals surface area contributed by atoms with Crippen LogP contribution in [0.3, 0.4) is 0 Å². The Morgan fingerprint density at radius 3 is 2.12 bits per heavy atom. The van der Waals surface area contributed by atoms with E-state index in [0.29, 0.717) is 28.4 Å². The van der Waals surface area contributed by atoms with E-state index in [1.165, 1.54) is 0 Å². The van der Waals surface area contributed by atoms with Gasteiger partial charge in [-0.1, -0.05) is 18.2 Å². The maximum absolute atomic E-state index is 12.2. The molecule has 0 spiro atoms. The Kier molecular flexibility index (Phi) is 5.60. The molecule has 0 heterocycles. The van der Waals surface area contributed by atoms with E-state index in [9.17, 15) is 4.79 Å². The first-order valence-electron chi connectivity index (χ1n) is 7.41. The molecule has 0 atom stereocenters. The fourth-order valence-corrected chi connectivity index (χ4v) is 2.15. The van der Waals surface area contributed by atoms with Crippen molar-refractivity contribution in [3.05, 3.63) is 78.4 Å². The Labute approximate surface area is 149 Å². The Morgan fingerprint density at radius 2 is 1.48 bits per heavy atom. The lowest BCUT2D eigenvalue weighted by molar-refractivity contribution is 0.102. The van der Waals surface area contributed by atoms with Gasteiger partial charge in [0.05, 0.1) is 11.4 Å². The highest BCUT2D eigenvalue weighted by Gasteiger charge is 2.08. The summed E-state index contributed by atoms with van der Waals surface area (Å²) in [6.45, 7) is 0. The molecule has 6 heteroatoms. The number of nitrogen functional groups attached to an aromatic ring is 2. The number of para-hydroxylation sites is 1. The van der Waals surface area contributed by atoms with Crippen LogP contribution in [-0.4, -0.2) is 5.91 Å². The minimum Gasteiger partial charge on any atom is -0.457 e. The molecule has 0 radical (unpaired) electrons. The number of hydrogen-bond donors (Lipinski definition) is 4. The van der Waals surface area contributed by atoms with Gasteiger partial charge in [-0.15, -0.1) is 0 Å². The molecule has 132 valence electrons. The summed E-state index contributed by atoms with van der Waals surface area (Å²) in [6, 6.07) is 21.4. The second-order valence-electron chi connectivity index (χ2n) is 5.24. The predicted molar refractivity (Wildman–Crippen MR) is 105 cm³/mol. The molecule has 0 aromatic heterocycles. The van der Waals surface area contributed by atoms with Crippen molar-refractivity contribution in [3.63, 3.8) is 0 Å². The molecule has 3 aromatic rings. The number of nitrogens with one attached hydrogen (secondary N) is 1. The van der Waals surface area contributed by atoms with E-state index in [1.807, 2.05) is 30.3 Å². The van der Waals surface area contributed by atoms with Crippen LogP contribution < -0.4 is 27.7 Å². The molecule has 0 fully saturated rings. The number of ether oxygens (including phenoxy) is 1. The van der Waals surface area contributed by atoms with Gasteiger partial charge < -0.3 is 27.7 Å². The van der Waals surface area contributed by atoms with E-state index >= 15 is 0 Å². The Morgan fingerprint density at radius 1 is 0.840 bits per heavy atom. The highest BCUT2D eigenvalue weighted by Crippen LogP contribution is 2.23. The lowest BCUT2D eigenvalue weighted by atomic mass is 10.1. The molecule has 6 nitrogen and oxygen atoms in total. The maximum atomic E-state index is 12.2. The second kappa shape index (κ2) is 7.85. The predicted octanol–water partition coefficient (Wildman–Crippen LogP) is 4.55. The van der Waals surface area contributed by atoms with Crippen molar-refractivity contribution in [2.24, 2.45) is 0 Å². The Hall–Kier alpha value is -3.51. The lowest BCUT2D eigenvalue weighted by Gasteiger charge is -2.09. The van der Waals surface area contributed by atoms with Gasteiger partial charge >= 0.3 is 0 Å². The summed E-state index contributed by atoms with van der Waals surface area (Å²) >= 11 is 0. The number of amides is 1.